The fraction of sp³-hybridized carbons (Fsp3) is 0.556. The Morgan fingerprint density at radius 1 is 1.76 bits per heavy atom. The Bertz CT molecular complexity index is 403. The van der Waals surface area contributed by atoms with Gasteiger partial charge in [0.25, 0.3) is 0 Å². The van der Waals surface area contributed by atoms with Gasteiger partial charge < -0.3 is 20.5 Å². The normalized spacial score (nSPS) is 12.1. The number of rotatable bonds is 7. The Labute approximate surface area is 97.2 Å². The van der Waals surface area contributed by atoms with Crippen LogP contribution in [0.15, 0.2) is 6.20 Å². The molecular formula is C9H14N4O4. The molecule has 1 aromatic rings. The van der Waals surface area contributed by atoms with E-state index in [1.165, 1.54) is 6.20 Å². The summed E-state index contributed by atoms with van der Waals surface area (Å²) in [5.74, 6) is -1.36. The minimum atomic E-state index is -1.03. The second kappa shape index (κ2) is 5.83. The molecule has 1 rings (SSSR count). The Morgan fingerprint density at radius 3 is 3.00 bits per heavy atom. The summed E-state index contributed by atoms with van der Waals surface area (Å²) in [5.41, 5.74) is 0.0958. The van der Waals surface area contributed by atoms with Crippen molar-refractivity contribution in [2.45, 2.75) is 32.2 Å². The predicted octanol–water partition coefficient (Wildman–Crippen LogP) is 1.37. The number of carboxylic acids is 1. The number of hydrogen-bond donors (Lipinski definition) is 3. The molecule has 0 fully saturated rings. The van der Waals surface area contributed by atoms with Crippen LogP contribution in [0, 0.1) is 10.1 Å². The molecule has 0 aliphatic heterocycles. The van der Waals surface area contributed by atoms with Gasteiger partial charge in [0.15, 0.2) is 5.69 Å². The summed E-state index contributed by atoms with van der Waals surface area (Å²) >= 11 is 0. The molecule has 0 aromatic carbocycles. The lowest BCUT2D eigenvalue weighted by Gasteiger charge is -2.13. The summed E-state index contributed by atoms with van der Waals surface area (Å²) in [4.78, 5) is 20.9. The van der Waals surface area contributed by atoms with E-state index >= 15 is 0 Å². The maximum Gasteiger partial charge on any atom is 0.366 e. The van der Waals surface area contributed by atoms with Crippen molar-refractivity contribution in [2.75, 3.05) is 5.32 Å². The molecule has 3 N–H and O–H groups in total. The van der Waals surface area contributed by atoms with E-state index in [9.17, 15) is 14.9 Å². The summed E-state index contributed by atoms with van der Waals surface area (Å²) < 4.78 is 0. The van der Waals surface area contributed by atoms with Gasteiger partial charge in [-0.2, -0.15) is 0 Å². The van der Waals surface area contributed by atoms with Crippen molar-refractivity contribution >= 4 is 17.5 Å². The molecule has 0 bridgehead atoms. The van der Waals surface area contributed by atoms with Crippen LogP contribution in [0.3, 0.4) is 0 Å². The molecule has 0 saturated carbocycles. The van der Waals surface area contributed by atoms with E-state index < -0.39 is 16.9 Å². The number of aromatic nitrogens is 2. The van der Waals surface area contributed by atoms with Crippen molar-refractivity contribution < 1.29 is 14.8 Å². The van der Waals surface area contributed by atoms with Crippen LogP contribution in [-0.4, -0.2) is 32.2 Å². The highest BCUT2D eigenvalue weighted by atomic mass is 16.6. The van der Waals surface area contributed by atoms with Crippen molar-refractivity contribution in [1.29, 1.82) is 0 Å². The van der Waals surface area contributed by atoms with E-state index in [-0.39, 0.29) is 11.5 Å². The van der Waals surface area contributed by atoms with E-state index in [4.69, 9.17) is 5.11 Å². The van der Waals surface area contributed by atoms with E-state index in [1.807, 2.05) is 6.92 Å². The zero-order chi connectivity index (χ0) is 12.8. The number of aromatic amines is 1. The maximum atomic E-state index is 10.9. The lowest BCUT2D eigenvalue weighted by molar-refractivity contribution is -0.388. The molecule has 8 nitrogen and oxygen atoms in total. The van der Waals surface area contributed by atoms with Crippen LogP contribution in [0.5, 0.6) is 0 Å². The summed E-state index contributed by atoms with van der Waals surface area (Å²) in [6.45, 7) is 1.94. The van der Waals surface area contributed by atoms with Gasteiger partial charge in [-0.05, 0) is 11.3 Å². The molecule has 17 heavy (non-hydrogen) atoms. The molecule has 0 amide bonds. The predicted molar refractivity (Wildman–Crippen MR) is 59.8 cm³/mol. The van der Waals surface area contributed by atoms with Crippen molar-refractivity contribution in [3.05, 3.63) is 16.3 Å². The number of nitro groups is 1. The third kappa shape index (κ3) is 3.44. The number of aliphatic carboxylic acids is 1. The molecule has 8 heteroatoms. The van der Waals surface area contributed by atoms with Crippen LogP contribution in [0.1, 0.15) is 26.2 Å². The number of carboxylic acid groups (broad SMARTS) is 1. The molecule has 1 heterocycles. The average molecular weight is 242 g/mol. The summed E-state index contributed by atoms with van der Waals surface area (Å²) in [6, 6.07) is -0.841. The third-order valence-corrected chi connectivity index (χ3v) is 2.28. The average Bonchev–Trinajstić information content (AvgIpc) is 2.71. The van der Waals surface area contributed by atoms with Gasteiger partial charge in [0.2, 0.25) is 0 Å². The van der Waals surface area contributed by atoms with Gasteiger partial charge in [-0.15, -0.1) is 5.10 Å². The van der Waals surface area contributed by atoms with Crippen LogP contribution in [0.2, 0.25) is 0 Å². The number of H-pyrrole nitrogens is 1. The highest BCUT2D eigenvalue weighted by Crippen LogP contribution is 2.21. The van der Waals surface area contributed by atoms with Gasteiger partial charge in [-0.25, -0.2) is 4.79 Å². The lowest BCUT2D eigenvalue weighted by Crippen LogP contribution is -2.29. The number of nitrogens with zero attached hydrogens (tertiary/aromatic N) is 2. The van der Waals surface area contributed by atoms with Gasteiger partial charge in [0.1, 0.15) is 12.2 Å². The van der Waals surface area contributed by atoms with Crippen LogP contribution >= 0.6 is 0 Å². The largest absolute Gasteiger partial charge is 0.480 e. The van der Waals surface area contributed by atoms with Crippen LogP contribution < -0.4 is 5.32 Å². The first-order valence-corrected chi connectivity index (χ1v) is 5.23. The van der Waals surface area contributed by atoms with Gasteiger partial charge in [0.05, 0.1) is 0 Å². The van der Waals surface area contributed by atoms with E-state index in [0.717, 1.165) is 12.8 Å². The van der Waals surface area contributed by atoms with Gasteiger partial charge in [0, 0.05) is 0 Å². The Morgan fingerprint density at radius 2 is 2.47 bits per heavy atom. The highest BCUT2D eigenvalue weighted by molar-refractivity contribution is 5.78. The molecule has 0 spiro atoms. The summed E-state index contributed by atoms with van der Waals surface area (Å²) in [6.07, 6.45) is 3.21. The van der Waals surface area contributed by atoms with Gasteiger partial charge >= 0.3 is 11.8 Å². The fourth-order valence-corrected chi connectivity index (χ4v) is 1.38. The zero-order valence-electron chi connectivity index (χ0n) is 9.34. The molecule has 0 aliphatic carbocycles. The quantitative estimate of drug-likeness (QED) is 0.490. The Hall–Kier alpha value is -2.12. The number of unbranched alkanes of at least 4 members (excludes halogenated alkanes) is 1. The molecule has 1 unspecified atom stereocenters. The van der Waals surface area contributed by atoms with E-state index in [2.05, 4.69) is 15.5 Å². The topological polar surface area (TPSA) is 121 Å². The molecule has 1 atom stereocenters. The SMILES string of the molecule is CCCCC(Nc1cn[nH]c1[N+](=O)[O-])C(=O)O. The number of hydrogen-bond acceptors (Lipinski definition) is 5. The fourth-order valence-electron chi connectivity index (χ4n) is 1.38. The first-order chi connectivity index (χ1) is 8.06. The molecule has 0 aliphatic rings. The van der Waals surface area contributed by atoms with Gasteiger partial charge in [-0.1, -0.05) is 24.9 Å². The highest BCUT2D eigenvalue weighted by Gasteiger charge is 2.22. The number of anilines is 1. The lowest BCUT2D eigenvalue weighted by atomic mass is 10.1. The van der Waals surface area contributed by atoms with Crippen molar-refractivity contribution in [3.8, 4) is 0 Å². The van der Waals surface area contributed by atoms with Crippen LogP contribution in [0.25, 0.3) is 0 Å². The van der Waals surface area contributed by atoms with E-state index in [0.29, 0.717) is 6.42 Å². The zero-order valence-corrected chi connectivity index (χ0v) is 9.34. The van der Waals surface area contributed by atoms with Crippen LogP contribution in [0.4, 0.5) is 11.5 Å². The third-order valence-electron chi connectivity index (χ3n) is 2.28. The first-order valence-electron chi connectivity index (χ1n) is 5.23. The van der Waals surface area contributed by atoms with Crippen molar-refractivity contribution in [1.82, 2.24) is 10.2 Å². The standard InChI is InChI=1S/C9H14N4O4/c1-2-3-4-6(9(14)15)11-7-5-10-12-8(7)13(16)17/h5-6,11H,2-4H2,1H3,(H,10,12)(H,14,15). The Kier molecular flexibility index (Phi) is 4.44. The van der Waals surface area contributed by atoms with Crippen molar-refractivity contribution in [2.24, 2.45) is 0 Å². The number of carbonyl (C=O) groups is 1. The van der Waals surface area contributed by atoms with E-state index in [1.54, 1.807) is 0 Å². The molecular weight excluding hydrogens is 228 g/mol. The molecule has 1 aromatic heterocycles. The summed E-state index contributed by atoms with van der Waals surface area (Å²) in [5, 5.41) is 27.9. The molecule has 94 valence electrons. The van der Waals surface area contributed by atoms with Gasteiger partial charge in [-0.3, -0.25) is 0 Å². The molecule has 0 saturated heterocycles. The minimum absolute atomic E-state index is 0.0958. The maximum absolute atomic E-state index is 10.9. The molecule has 0 radical (unpaired) electrons. The second-order valence-electron chi connectivity index (χ2n) is 3.57. The Balaban J connectivity index is 2.75. The minimum Gasteiger partial charge on any atom is -0.480 e. The number of nitrogens with one attached hydrogen (secondary N) is 2. The second-order valence-corrected chi connectivity index (χ2v) is 3.57. The monoisotopic (exact) mass is 242 g/mol. The van der Waals surface area contributed by atoms with Crippen LogP contribution in [-0.2, 0) is 4.79 Å². The summed E-state index contributed by atoms with van der Waals surface area (Å²) in [7, 11) is 0. The van der Waals surface area contributed by atoms with Crippen molar-refractivity contribution in [3.63, 3.8) is 0 Å². The smallest absolute Gasteiger partial charge is 0.366 e. The first kappa shape index (κ1) is 12.9.